The molecule has 0 saturated carbocycles. The highest BCUT2D eigenvalue weighted by atomic mass is 32.1. The third-order valence-electron chi connectivity index (χ3n) is 5.76. The summed E-state index contributed by atoms with van der Waals surface area (Å²) in [7, 11) is 0. The van der Waals surface area contributed by atoms with Gasteiger partial charge in [-0.1, -0.05) is 30.3 Å². The van der Waals surface area contributed by atoms with Crippen LogP contribution >= 0.6 is 11.3 Å². The van der Waals surface area contributed by atoms with Crippen molar-refractivity contribution in [1.29, 1.82) is 0 Å². The summed E-state index contributed by atoms with van der Waals surface area (Å²) in [5.74, 6) is -0.439. The number of benzene rings is 1. The number of esters is 1. The number of nitrogens with one attached hydrogen (secondary N) is 1. The minimum Gasteiger partial charge on any atom is -0.463 e. The van der Waals surface area contributed by atoms with E-state index in [1.165, 1.54) is 5.56 Å². The Labute approximate surface area is 175 Å². The lowest BCUT2D eigenvalue weighted by Crippen LogP contribution is -2.36. The van der Waals surface area contributed by atoms with Crippen LogP contribution in [0.1, 0.15) is 54.5 Å². The summed E-state index contributed by atoms with van der Waals surface area (Å²) >= 11 is 1.60. The molecule has 1 aromatic heterocycles. The summed E-state index contributed by atoms with van der Waals surface area (Å²) in [5.41, 5.74) is 5.29. The molecular formula is C24H25NO3S. The van der Waals surface area contributed by atoms with Crippen LogP contribution in [0.2, 0.25) is 0 Å². The standard InChI is InChI=1S/C24H25NO3S/c1-4-28-24(27)20-15(3)25-18-12-17(16-8-6-5-7-9-16)13-19(26)21(18)22(20)23-14(2)10-11-29-23/h5-11,17,22,25H,4,12-13H2,1-3H3. The van der Waals surface area contributed by atoms with Crippen molar-refractivity contribution in [2.45, 2.75) is 45.4 Å². The monoisotopic (exact) mass is 407 g/mol. The van der Waals surface area contributed by atoms with E-state index in [9.17, 15) is 9.59 Å². The topological polar surface area (TPSA) is 55.4 Å². The van der Waals surface area contributed by atoms with Crippen LogP contribution in [0.25, 0.3) is 0 Å². The molecule has 2 aliphatic rings. The number of allylic oxidation sites excluding steroid dienone is 3. The lowest BCUT2D eigenvalue weighted by molar-refractivity contribution is -0.138. The average molecular weight is 408 g/mol. The van der Waals surface area contributed by atoms with E-state index in [2.05, 4.69) is 17.4 Å². The van der Waals surface area contributed by atoms with Crippen molar-refractivity contribution in [3.63, 3.8) is 0 Å². The van der Waals surface area contributed by atoms with Crippen LogP contribution in [0.15, 0.2) is 64.3 Å². The maximum absolute atomic E-state index is 13.4. The highest BCUT2D eigenvalue weighted by Crippen LogP contribution is 2.47. The molecule has 0 amide bonds. The van der Waals surface area contributed by atoms with E-state index in [0.29, 0.717) is 18.6 Å². The number of ketones is 1. The van der Waals surface area contributed by atoms with Gasteiger partial charge >= 0.3 is 5.97 Å². The summed E-state index contributed by atoms with van der Waals surface area (Å²) in [6.07, 6.45) is 1.22. The Morgan fingerprint density at radius 1 is 1.17 bits per heavy atom. The fraction of sp³-hybridized carbons (Fsp3) is 0.333. The second-order valence-corrected chi connectivity index (χ2v) is 8.56. The van der Waals surface area contributed by atoms with Gasteiger partial charge in [-0.3, -0.25) is 4.79 Å². The first-order valence-corrected chi connectivity index (χ1v) is 10.9. The van der Waals surface area contributed by atoms with Crippen molar-refractivity contribution in [2.24, 2.45) is 0 Å². The van der Waals surface area contributed by atoms with Crippen molar-refractivity contribution in [3.05, 3.63) is 80.3 Å². The molecule has 5 heteroatoms. The van der Waals surface area contributed by atoms with E-state index in [1.807, 2.05) is 43.5 Å². The van der Waals surface area contributed by atoms with Gasteiger partial charge in [0.25, 0.3) is 0 Å². The Bertz CT molecular complexity index is 1020. The molecule has 1 aromatic carbocycles. The summed E-state index contributed by atoms with van der Waals surface area (Å²) in [6, 6.07) is 12.2. The van der Waals surface area contributed by atoms with E-state index in [0.717, 1.165) is 33.8 Å². The van der Waals surface area contributed by atoms with Crippen molar-refractivity contribution in [2.75, 3.05) is 6.61 Å². The Morgan fingerprint density at radius 3 is 2.59 bits per heavy atom. The number of thiophene rings is 1. The van der Waals surface area contributed by atoms with Crippen LogP contribution in [-0.2, 0) is 14.3 Å². The van der Waals surface area contributed by atoms with E-state index in [1.54, 1.807) is 18.3 Å². The van der Waals surface area contributed by atoms with Crippen LogP contribution < -0.4 is 5.32 Å². The Morgan fingerprint density at radius 2 is 1.93 bits per heavy atom. The lowest BCUT2D eigenvalue weighted by Gasteiger charge is -2.36. The molecule has 2 heterocycles. The number of hydrogen-bond donors (Lipinski definition) is 1. The number of rotatable bonds is 4. The van der Waals surface area contributed by atoms with Gasteiger partial charge in [-0.15, -0.1) is 11.3 Å². The Balaban J connectivity index is 1.80. The lowest BCUT2D eigenvalue weighted by atomic mass is 9.73. The molecule has 1 aliphatic carbocycles. The zero-order valence-electron chi connectivity index (χ0n) is 17.0. The summed E-state index contributed by atoms with van der Waals surface area (Å²) in [6.45, 7) is 6.05. The molecule has 0 saturated heterocycles. The molecule has 0 spiro atoms. The molecule has 0 radical (unpaired) electrons. The zero-order valence-corrected chi connectivity index (χ0v) is 17.8. The molecule has 4 nitrogen and oxygen atoms in total. The predicted octanol–water partition coefficient (Wildman–Crippen LogP) is 4.98. The van der Waals surface area contributed by atoms with Crippen LogP contribution in [-0.4, -0.2) is 18.4 Å². The maximum Gasteiger partial charge on any atom is 0.336 e. The quantitative estimate of drug-likeness (QED) is 0.726. The second-order valence-electron chi connectivity index (χ2n) is 7.62. The average Bonchev–Trinajstić information content (AvgIpc) is 3.13. The first kappa shape index (κ1) is 19.6. The molecule has 2 atom stereocenters. The summed E-state index contributed by atoms with van der Waals surface area (Å²) in [4.78, 5) is 27.3. The largest absolute Gasteiger partial charge is 0.463 e. The van der Waals surface area contributed by atoms with Gasteiger partial charge in [0.2, 0.25) is 0 Å². The summed E-state index contributed by atoms with van der Waals surface area (Å²) < 4.78 is 5.36. The normalized spacial score (nSPS) is 21.7. The van der Waals surface area contributed by atoms with Gasteiger partial charge in [0.05, 0.1) is 18.1 Å². The SMILES string of the molecule is CCOC(=O)C1=C(C)NC2=C(C(=O)CC(c3ccccc3)C2)C1c1sccc1C. The van der Waals surface area contributed by atoms with Crippen LogP contribution in [0, 0.1) is 6.92 Å². The number of aryl methyl sites for hydroxylation is 1. The van der Waals surface area contributed by atoms with Crippen LogP contribution in [0.3, 0.4) is 0 Å². The molecule has 0 bridgehead atoms. The number of carbonyl (C=O) groups is 2. The van der Waals surface area contributed by atoms with Gasteiger partial charge < -0.3 is 10.1 Å². The number of dihydropyridines is 1. The maximum atomic E-state index is 13.4. The predicted molar refractivity (Wildman–Crippen MR) is 115 cm³/mol. The fourth-order valence-electron chi connectivity index (χ4n) is 4.42. The van der Waals surface area contributed by atoms with Crippen molar-refractivity contribution < 1.29 is 14.3 Å². The van der Waals surface area contributed by atoms with Gasteiger partial charge in [-0.05, 0) is 55.7 Å². The third kappa shape index (κ3) is 3.55. The minimum atomic E-state index is -0.352. The molecular weight excluding hydrogens is 382 g/mol. The molecule has 2 aromatic rings. The zero-order chi connectivity index (χ0) is 20.5. The fourth-order valence-corrected chi connectivity index (χ4v) is 5.47. The third-order valence-corrected chi connectivity index (χ3v) is 6.84. The van der Waals surface area contributed by atoms with E-state index >= 15 is 0 Å². The first-order chi connectivity index (χ1) is 14.0. The number of ether oxygens (including phenoxy) is 1. The highest BCUT2D eigenvalue weighted by Gasteiger charge is 2.42. The van der Waals surface area contributed by atoms with Gasteiger partial charge in [-0.2, -0.15) is 0 Å². The smallest absolute Gasteiger partial charge is 0.336 e. The van der Waals surface area contributed by atoms with E-state index in [4.69, 9.17) is 4.74 Å². The molecule has 1 N–H and O–H groups in total. The number of carbonyl (C=O) groups excluding carboxylic acids is 2. The second kappa shape index (κ2) is 7.99. The molecule has 150 valence electrons. The van der Waals surface area contributed by atoms with Gasteiger partial charge in [0.15, 0.2) is 5.78 Å². The first-order valence-electron chi connectivity index (χ1n) is 10.0. The Kier molecular flexibility index (Phi) is 5.41. The highest BCUT2D eigenvalue weighted by molar-refractivity contribution is 7.10. The van der Waals surface area contributed by atoms with E-state index < -0.39 is 0 Å². The van der Waals surface area contributed by atoms with Crippen molar-refractivity contribution in [1.82, 2.24) is 5.32 Å². The molecule has 4 rings (SSSR count). The van der Waals surface area contributed by atoms with Gasteiger partial charge in [-0.25, -0.2) is 4.79 Å². The Hall–Kier alpha value is -2.66. The van der Waals surface area contributed by atoms with E-state index in [-0.39, 0.29) is 23.6 Å². The van der Waals surface area contributed by atoms with Gasteiger partial charge in [0.1, 0.15) is 0 Å². The molecule has 2 unspecified atom stereocenters. The molecule has 1 aliphatic heterocycles. The minimum absolute atomic E-state index is 0.111. The van der Waals surface area contributed by atoms with Crippen molar-refractivity contribution >= 4 is 23.1 Å². The molecule has 29 heavy (non-hydrogen) atoms. The number of hydrogen-bond acceptors (Lipinski definition) is 5. The number of Topliss-reactive ketones (excluding diaryl/α,β-unsaturated/α-hetero) is 1. The van der Waals surface area contributed by atoms with Gasteiger partial charge in [0, 0.05) is 28.3 Å². The van der Waals surface area contributed by atoms with Crippen LogP contribution in [0.4, 0.5) is 0 Å². The van der Waals surface area contributed by atoms with Crippen LogP contribution in [0.5, 0.6) is 0 Å². The molecule has 0 fully saturated rings. The van der Waals surface area contributed by atoms with Crippen molar-refractivity contribution in [3.8, 4) is 0 Å². The summed E-state index contributed by atoms with van der Waals surface area (Å²) in [5, 5.41) is 5.41.